The standard InChI is InChI=1S/C19H21N3O2S/c23-18(21-22-19(25)20-15-8-4-5-9-15)14-7-6-12-17(13-14)24-16-10-2-1-3-11-16/h1-3,6-7,10-13,15H,4-5,8-9H2,(H,21,23)(H2,20,22,25). The summed E-state index contributed by atoms with van der Waals surface area (Å²) in [6.45, 7) is 0. The second-order valence-electron chi connectivity index (χ2n) is 5.98. The minimum atomic E-state index is -0.269. The molecule has 0 atom stereocenters. The monoisotopic (exact) mass is 355 g/mol. The number of ether oxygens (including phenoxy) is 1. The molecule has 0 unspecified atom stereocenters. The van der Waals surface area contributed by atoms with Gasteiger partial charge in [0, 0.05) is 11.6 Å². The maximum Gasteiger partial charge on any atom is 0.269 e. The molecule has 0 saturated heterocycles. The second-order valence-corrected chi connectivity index (χ2v) is 6.39. The number of hydrogen-bond acceptors (Lipinski definition) is 3. The van der Waals surface area contributed by atoms with Crippen molar-refractivity contribution in [2.24, 2.45) is 0 Å². The van der Waals surface area contributed by atoms with Crippen molar-refractivity contribution >= 4 is 23.2 Å². The molecular weight excluding hydrogens is 334 g/mol. The van der Waals surface area contributed by atoms with Crippen LogP contribution in [0.2, 0.25) is 0 Å². The molecule has 0 aromatic heterocycles. The Hall–Kier alpha value is -2.60. The highest BCUT2D eigenvalue weighted by Crippen LogP contribution is 2.21. The van der Waals surface area contributed by atoms with Crippen molar-refractivity contribution in [3.63, 3.8) is 0 Å². The zero-order chi connectivity index (χ0) is 17.5. The van der Waals surface area contributed by atoms with Crippen LogP contribution >= 0.6 is 12.2 Å². The van der Waals surface area contributed by atoms with Gasteiger partial charge in [-0.1, -0.05) is 37.1 Å². The van der Waals surface area contributed by atoms with E-state index in [-0.39, 0.29) is 5.91 Å². The molecule has 3 N–H and O–H groups in total. The van der Waals surface area contributed by atoms with Crippen LogP contribution in [-0.2, 0) is 0 Å². The van der Waals surface area contributed by atoms with E-state index in [0.29, 0.717) is 22.5 Å². The number of nitrogens with one attached hydrogen (secondary N) is 3. The largest absolute Gasteiger partial charge is 0.457 e. The summed E-state index contributed by atoms with van der Waals surface area (Å²) < 4.78 is 5.74. The molecule has 6 heteroatoms. The first-order valence-electron chi connectivity index (χ1n) is 8.40. The smallest absolute Gasteiger partial charge is 0.269 e. The van der Waals surface area contributed by atoms with E-state index in [1.807, 2.05) is 36.4 Å². The molecule has 0 aliphatic heterocycles. The van der Waals surface area contributed by atoms with Crippen molar-refractivity contribution < 1.29 is 9.53 Å². The minimum Gasteiger partial charge on any atom is -0.457 e. The Balaban J connectivity index is 1.53. The summed E-state index contributed by atoms with van der Waals surface area (Å²) in [7, 11) is 0. The molecule has 0 heterocycles. The SMILES string of the molecule is O=C(NNC(=S)NC1CCCC1)c1cccc(Oc2ccccc2)c1. The van der Waals surface area contributed by atoms with Gasteiger partial charge in [0.1, 0.15) is 11.5 Å². The predicted molar refractivity (Wildman–Crippen MR) is 102 cm³/mol. The van der Waals surface area contributed by atoms with Gasteiger partial charge in [0.25, 0.3) is 5.91 Å². The van der Waals surface area contributed by atoms with Crippen LogP contribution in [0.1, 0.15) is 36.0 Å². The normalized spacial score (nSPS) is 13.9. The first-order chi connectivity index (χ1) is 12.2. The van der Waals surface area contributed by atoms with Gasteiger partial charge in [-0.25, -0.2) is 0 Å². The molecule has 3 rings (SSSR count). The molecule has 130 valence electrons. The van der Waals surface area contributed by atoms with E-state index in [9.17, 15) is 4.79 Å². The number of amides is 1. The van der Waals surface area contributed by atoms with Gasteiger partial charge >= 0.3 is 0 Å². The molecular formula is C19H21N3O2S. The lowest BCUT2D eigenvalue weighted by molar-refractivity contribution is 0.0943. The number of thiocarbonyl (C=S) groups is 1. The second kappa shape index (κ2) is 8.48. The number of benzene rings is 2. The van der Waals surface area contributed by atoms with Crippen LogP contribution < -0.4 is 20.9 Å². The Kier molecular flexibility index (Phi) is 5.85. The Morgan fingerprint density at radius 2 is 1.68 bits per heavy atom. The molecule has 1 aliphatic carbocycles. The van der Waals surface area contributed by atoms with Gasteiger partial charge < -0.3 is 10.1 Å². The van der Waals surface area contributed by atoms with Gasteiger partial charge in [0.05, 0.1) is 0 Å². The van der Waals surface area contributed by atoms with Crippen molar-refractivity contribution in [2.75, 3.05) is 0 Å². The third-order valence-corrected chi connectivity index (χ3v) is 4.27. The summed E-state index contributed by atoms with van der Waals surface area (Å²) in [5.74, 6) is 1.06. The minimum absolute atomic E-state index is 0.269. The number of carbonyl (C=O) groups excluding carboxylic acids is 1. The third-order valence-electron chi connectivity index (χ3n) is 4.06. The number of hydrazine groups is 1. The summed E-state index contributed by atoms with van der Waals surface area (Å²) in [6, 6.07) is 16.8. The third kappa shape index (κ3) is 5.19. The van der Waals surface area contributed by atoms with Crippen LogP contribution in [0.3, 0.4) is 0 Å². The van der Waals surface area contributed by atoms with Gasteiger partial charge in [0.15, 0.2) is 5.11 Å². The number of hydrogen-bond donors (Lipinski definition) is 3. The topological polar surface area (TPSA) is 62.4 Å². The zero-order valence-electron chi connectivity index (χ0n) is 13.8. The quantitative estimate of drug-likeness (QED) is 0.578. The van der Waals surface area contributed by atoms with Crippen LogP contribution in [0.4, 0.5) is 0 Å². The zero-order valence-corrected chi connectivity index (χ0v) is 14.6. The Labute approximate surface area is 152 Å². The molecule has 1 fully saturated rings. The summed E-state index contributed by atoms with van der Waals surface area (Å²) in [4.78, 5) is 12.3. The van der Waals surface area contributed by atoms with Crippen LogP contribution in [0, 0.1) is 0 Å². The van der Waals surface area contributed by atoms with Crippen molar-refractivity contribution in [1.29, 1.82) is 0 Å². The van der Waals surface area contributed by atoms with Gasteiger partial charge in [-0.2, -0.15) is 0 Å². The number of carbonyl (C=O) groups is 1. The Morgan fingerprint density at radius 3 is 2.44 bits per heavy atom. The average Bonchev–Trinajstić information content (AvgIpc) is 3.14. The lowest BCUT2D eigenvalue weighted by Gasteiger charge is -2.16. The molecule has 0 radical (unpaired) electrons. The average molecular weight is 355 g/mol. The molecule has 0 spiro atoms. The molecule has 5 nitrogen and oxygen atoms in total. The van der Waals surface area contributed by atoms with Crippen LogP contribution in [0.25, 0.3) is 0 Å². The van der Waals surface area contributed by atoms with E-state index in [4.69, 9.17) is 17.0 Å². The van der Waals surface area contributed by atoms with Gasteiger partial charge in [0.2, 0.25) is 0 Å². The van der Waals surface area contributed by atoms with Gasteiger partial charge in [-0.15, -0.1) is 0 Å². The van der Waals surface area contributed by atoms with E-state index < -0.39 is 0 Å². The van der Waals surface area contributed by atoms with Crippen LogP contribution in [0.5, 0.6) is 11.5 Å². The lowest BCUT2D eigenvalue weighted by atomic mass is 10.2. The number of para-hydroxylation sites is 1. The molecule has 2 aromatic rings. The van der Waals surface area contributed by atoms with Crippen LogP contribution in [0.15, 0.2) is 54.6 Å². The fourth-order valence-electron chi connectivity index (χ4n) is 2.80. The maximum absolute atomic E-state index is 12.3. The van der Waals surface area contributed by atoms with Crippen molar-refractivity contribution in [3.8, 4) is 11.5 Å². The molecule has 1 amide bonds. The summed E-state index contributed by atoms with van der Waals surface area (Å²) in [5.41, 5.74) is 5.86. The van der Waals surface area contributed by atoms with E-state index >= 15 is 0 Å². The predicted octanol–water partition coefficient (Wildman–Crippen LogP) is 3.53. The molecule has 1 aliphatic rings. The van der Waals surface area contributed by atoms with Crippen molar-refractivity contribution in [3.05, 3.63) is 60.2 Å². The first-order valence-corrected chi connectivity index (χ1v) is 8.81. The molecule has 0 bridgehead atoms. The van der Waals surface area contributed by atoms with Crippen LogP contribution in [-0.4, -0.2) is 17.1 Å². The van der Waals surface area contributed by atoms with Gasteiger partial charge in [-0.05, 0) is 55.4 Å². The Bertz CT molecular complexity index is 730. The highest BCUT2D eigenvalue weighted by Gasteiger charge is 2.15. The number of rotatable bonds is 4. The molecule has 2 aromatic carbocycles. The maximum atomic E-state index is 12.3. The summed E-state index contributed by atoms with van der Waals surface area (Å²) in [5, 5.41) is 3.65. The van der Waals surface area contributed by atoms with Crippen molar-refractivity contribution in [1.82, 2.24) is 16.2 Å². The van der Waals surface area contributed by atoms with E-state index in [2.05, 4.69) is 16.2 Å². The summed E-state index contributed by atoms with van der Waals surface area (Å²) in [6.07, 6.45) is 4.69. The lowest BCUT2D eigenvalue weighted by Crippen LogP contribution is -2.49. The fraction of sp³-hybridized carbons (Fsp3) is 0.263. The van der Waals surface area contributed by atoms with Crippen molar-refractivity contribution in [2.45, 2.75) is 31.7 Å². The van der Waals surface area contributed by atoms with Gasteiger partial charge in [-0.3, -0.25) is 15.6 Å². The fourth-order valence-corrected chi connectivity index (χ4v) is 3.02. The first kappa shape index (κ1) is 17.2. The summed E-state index contributed by atoms with van der Waals surface area (Å²) >= 11 is 5.21. The van der Waals surface area contributed by atoms with E-state index in [0.717, 1.165) is 18.6 Å². The van der Waals surface area contributed by atoms with E-state index in [1.54, 1.807) is 18.2 Å². The molecule has 1 saturated carbocycles. The molecule has 25 heavy (non-hydrogen) atoms. The Morgan fingerprint density at radius 1 is 0.960 bits per heavy atom. The van der Waals surface area contributed by atoms with E-state index in [1.165, 1.54) is 12.8 Å². The highest BCUT2D eigenvalue weighted by atomic mass is 32.1. The highest BCUT2D eigenvalue weighted by molar-refractivity contribution is 7.80.